The molecule has 92 valence electrons. The van der Waals surface area contributed by atoms with Crippen LogP contribution in [0.5, 0.6) is 0 Å². The van der Waals surface area contributed by atoms with Crippen molar-refractivity contribution < 1.29 is 4.39 Å². The van der Waals surface area contributed by atoms with Gasteiger partial charge in [-0.05, 0) is 52.3 Å². The standard InChI is InChI=1S/C14H7BrFN3/c15-11-6-9(16)2-3-10(11)14-18-12-4-1-8(7-17)5-13(12)19-14/h1-6H,(H,18,19). The lowest BCUT2D eigenvalue weighted by Crippen LogP contribution is -1.83. The summed E-state index contributed by atoms with van der Waals surface area (Å²) in [6.45, 7) is 0. The summed E-state index contributed by atoms with van der Waals surface area (Å²) in [7, 11) is 0. The summed E-state index contributed by atoms with van der Waals surface area (Å²) in [4.78, 5) is 7.56. The summed E-state index contributed by atoms with van der Waals surface area (Å²) in [5.41, 5.74) is 2.90. The molecule has 0 aliphatic rings. The van der Waals surface area contributed by atoms with E-state index in [1.165, 1.54) is 12.1 Å². The summed E-state index contributed by atoms with van der Waals surface area (Å²) in [5.74, 6) is 0.329. The van der Waals surface area contributed by atoms with Gasteiger partial charge in [0.25, 0.3) is 0 Å². The second-order valence-electron chi connectivity index (χ2n) is 4.05. The van der Waals surface area contributed by atoms with Crippen molar-refractivity contribution in [2.75, 3.05) is 0 Å². The highest BCUT2D eigenvalue weighted by molar-refractivity contribution is 9.10. The van der Waals surface area contributed by atoms with Crippen molar-refractivity contribution in [2.45, 2.75) is 0 Å². The van der Waals surface area contributed by atoms with Crippen molar-refractivity contribution in [1.29, 1.82) is 5.26 Å². The molecule has 0 spiro atoms. The van der Waals surface area contributed by atoms with Gasteiger partial charge in [-0.1, -0.05) is 0 Å². The van der Waals surface area contributed by atoms with E-state index >= 15 is 0 Å². The molecule has 1 N–H and O–H groups in total. The van der Waals surface area contributed by atoms with Crippen molar-refractivity contribution in [2.24, 2.45) is 0 Å². The number of nitriles is 1. The number of fused-ring (bicyclic) bond motifs is 1. The Morgan fingerprint density at radius 3 is 2.79 bits per heavy atom. The minimum Gasteiger partial charge on any atom is -0.338 e. The quantitative estimate of drug-likeness (QED) is 0.737. The van der Waals surface area contributed by atoms with Gasteiger partial charge in [-0.25, -0.2) is 9.37 Å². The Bertz CT molecular complexity index is 817. The van der Waals surface area contributed by atoms with E-state index in [0.29, 0.717) is 15.9 Å². The van der Waals surface area contributed by atoms with Crippen LogP contribution in [0.15, 0.2) is 40.9 Å². The first-order chi connectivity index (χ1) is 9.17. The predicted molar refractivity (Wildman–Crippen MR) is 73.9 cm³/mol. The van der Waals surface area contributed by atoms with Gasteiger partial charge in [-0.15, -0.1) is 0 Å². The summed E-state index contributed by atoms with van der Waals surface area (Å²) in [6.07, 6.45) is 0. The maximum Gasteiger partial charge on any atom is 0.139 e. The van der Waals surface area contributed by atoms with E-state index in [0.717, 1.165) is 16.6 Å². The molecule has 19 heavy (non-hydrogen) atoms. The van der Waals surface area contributed by atoms with E-state index in [-0.39, 0.29) is 5.82 Å². The minimum atomic E-state index is -0.307. The van der Waals surface area contributed by atoms with E-state index in [9.17, 15) is 4.39 Å². The van der Waals surface area contributed by atoms with Crippen LogP contribution in [0, 0.1) is 17.1 Å². The van der Waals surface area contributed by atoms with Gasteiger partial charge in [0.15, 0.2) is 0 Å². The molecule has 0 saturated carbocycles. The molecule has 0 fully saturated rings. The lowest BCUT2D eigenvalue weighted by molar-refractivity contribution is 0.627. The maximum absolute atomic E-state index is 13.1. The molecule has 0 atom stereocenters. The number of H-pyrrole nitrogens is 1. The minimum absolute atomic E-state index is 0.307. The first-order valence-electron chi connectivity index (χ1n) is 5.52. The molecule has 0 aliphatic carbocycles. The molecule has 0 amide bonds. The van der Waals surface area contributed by atoms with Crippen molar-refractivity contribution in [3.63, 3.8) is 0 Å². The molecule has 3 nitrogen and oxygen atoms in total. The predicted octanol–water partition coefficient (Wildman–Crippen LogP) is 4.00. The van der Waals surface area contributed by atoms with Crippen LogP contribution in [0.1, 0.15) is 5.56 Å². The van der Waals surface area contributed by atoms with Gasteiger partial charge in [-0.3, -0.25) is 0 Å². The van der Waals surface area contributed by atoms with Crippen molar-refractivity contribution >= 4 is 27.0 Å². The number of nitrogens with one attached hydrogen (secondary N) is 1. The average Bonchev–Trinajstić information content (AvgIpc) is 2.80. The highest BCUT2D eigenvalue weighted by atomic mass is 79.9. The van der Waals surface area contributed by atoms with Crippen LogP contribution in [0.2, 0.25) is 0 Å². The van der Waals surface area contributed by atoms with Gasteiger partial charge in [-0.2, -0.15) is 5.26 Å². The third-order valence-electron chi connectivity index (χ3n) is 2.80. The number of halogens is 2. The van der Waals surface area contributed by atoms with E-state index in [2.05, 4.69) is 32.0 Å². The fourth-order valence-corrected chi connectivity index (χ4v) is 2.43. The van der Waals surface area contributed by atoms with Crippen LogP contribution in [0.25, 0.3) is 22.4 Å². The number of nitrogens with zero attached hydrogens (tertiary/aromatic N) is 2. The van der Waals surface area contributed by atoms with Gasteiger partial charge in [0.05, 0.1) is 22.7 Å². The molecular formula is C14H7BrFN3. The molecule has 1 heterocycles. The first-order valence-corrected chi connectivity index (χ1v) is 6.32. The van der Waals surface area contributed by atoms with Crippen LogP contribution in [-0.2, 0) is 0 Å². The molecule has 3 rings (SSSR count). The van der Waals surface area contributed by atoms with Gasteiger partial charge >= 0.3 is 0 Å². The Labute approximate surface area is 116 Å². The van der Waals surface area contributed by atoms with E-state index in [1.807, 2.05) is 0 Å². The van der Waals surface area contributed by atoms with Crippen LogP contribution in [0.3, 0.4) is 0 Å². The molecule has 0 aliphatic heterocycles. The first kappa shape index (κ1) is 11.9. The molecule has 0 bridgehead atoms. The highest BCUT2D eigenvalue weighted by Crippen LogP contribution is 2.28. The number of hydrogen-bond acceptors (Lipinski definition) is 2. The monoisotopic (exact) mass is 315 g/mol. The number of aromatic nitrogens is 2. The summed E-state index contributed by atoms with van der Waals surface area (Å²) < 4.78 is 13.7. The molecule has 0 unspecified atom stereocenters. The van der Waals surface area contributed by atoms with Gasteiger partial charge in [0, 0.05) is 10.0 Å². The zero-order chi connectivity index (χ0) is 13.4. The molecule has 3 aromatic rings. The smallest absolute Gasteiger partial charge is 0.139 e. The SMILES string of the molecule is N#Cc1ccc2nc(-c3ccc(F)cc3Br)[nH]c2c1. The van der Waals surface area contributed by atoms with Crippen LogP contribution >= 0.6 is 15.9 Å². The lowest BCUT2D eigenvalue weighted by Gasteiger charge is -2.00. The highest BCUT2D eigenvalue weighted by Gasteiger charge is 2.09. The molecule has 0 radical (unpaired) electrons. The van der Waals surface area contributed by atoms with Crippen LogP contribution in [-0.4, -0.2) is 9.97 Å². The van der Waals surface area contributed by atoms with Crippen LogP contribution < -0.4 is 0 Å². The van der Waals surface area contributed by atoms with Crippen molar-refractivity contribution in [1.82, 2.24) is 9.97 Å². The Balaban J connectivity index is 2.18. The summed E-state index contributed by atoms with van der Waals surface area (Å²) in [5, 5.41) is 8.86. The van der Waals surface area contributed by atoms with E-state index < -0.39 is 0 Å². The van der Waals surface area contributed by atoms with E-state index in [1.54, 1.807) is 24.3 Å². The molecule has 5 heteroatoms. The Kier molecular flexibility index (Phi) is 2.80. The third-order valence-corrected chi connectivity index (χ3v) is 3.45. The fraction of sp³-hybridized carbons (Fsp3) is 0. The Morgan fingerprint density at radius 1 is 1.21 bits per heavy atom. The fourth-order valence-electron chi connectivity index (χ4n) is 1.89. The zero-order valence-corrected chi connectivity index (χ0v) is 11.2. The molecule has 0 saturated heterocycles. The summed E-state index contributed by atoms with van der Waals surface area (Å²) in [6, 6.07) is 11.7. The Hall–Kier alpha value is -2.19. The number of hydrogen-bond donors (Lipinski definition) is 1. The number of aromatic amines is 1. The largest absolute Gasteiger partial charge is 0.338 e. The van der Waals surface area contributed by atoms with Crippen molar-refractivity contribution in [3.8, 4) is 17.5 Å². The van der Waals surface area contributed by atoms with Crippen molar-refractivity contribution in [3.05, 3.63) is 52.3 Å². The molecule has 2 aromatic carbocycles. The number of benzene rings is 2. The third kappa shape index (κ3) is 2.11. The average molecular weight is 316 g/mol. The zero-order valence-electron chi connectivity index (χ0n) is 9.61. The Morgan fingerprint density at radius 2 is 2.05 bits per heavy atom. The van der Waals surface area contributed by atoms with Gasteiger partial charge in [0.2, 0.25) is 0 Å². The number of imidazole rings is 1. The molecule has 1 aromatic heterocycles. The maximum atomic E-state index is 13.1. The topological polar surface area (TPSA) is 52.5 Å². The molecular weight excluding hydrogens is 309 g/mol. The lowest BCUT2D eigenvalue weighted by atomic mass is 10.2. The van der Waals surface area contributed by atoms with E-state index in [4.69, 9.17) is 5.26 Å². The summed E-state index contributed by atoms with van der Waals surface area (Å²) >= 11 is 3.32. The second-order valence-corrected chi connectivity index (χ2v) is 4.91. The second kappa shape index (κ2) is 4.48. The van der Waals surface area contributed by atoms with Gasteiger partial charge < -0.3 is 4.98 Å². The van der Waals surface area contributed by atoms with Crippen LogP contribution in [0.4, 0.5) is 4.39 Å². The van der Waals surface area contributed by atoms with Gasteiger partial charge in [0.1, 0.15) is 11.6 Å². The number of rotatable bonds is 1. The normalized spacial score (nSPS) is 10.6.